The molecule has 0 amide bonds. The van der Waals surface area contributed by atoms with Crippen molar-refractivity contribution in [1.82, 2.24) is 14.5 Å². The van der Waals surface area contributed by atoms with Gasteiger partial charge in [0.15, 0.2) is 6.23 Å². The minimum Gasteiger partial charge on any atom is -0.397 e. The quantitative estimate of drug-likeness (QED) is 0.444. The molecule has 3 aromatic rings. The number of aliphatic hydroxyl groups excluding tert-OH is 2. The molecule has 1 saturated heterocycles. The van der Waals surface area contributed by atoms with Crippen LogP contribution >= 0.6 is 23.2 Å². The fourth-order valence-corrected chi connectivity index (χ4v) is 4.00. The van der Waals surface area contributed by atoms with Gasteiger partial charge < -0.3 is 34.4 Å². The summed E-state index contributed by atoms with van der Waals surface area (Å²) >= 11 is 12.0. The molecule has 0 bridgehead atoms. The number of aromatic amines is 1. The highest BCUT2D eigenvalue weighted by Gasteiger charge is 2.52. The zero-order valence-corrected chi connectivity index (χ0v) is 17.5. The van der Waals surface area contributed by atoms with Gasteiger partial charge in [0.2, 0.25) is 5.49 Å². The van der Waals surface area contributed by atoms with Crippen molar-refractivity contribution >= 4 is 34.2 Å². The van der Waals surface area contributed by atoms with E-state index in [4.69, 9.17) is 32.8 Å². The van der Waals surface area contributed by atoms with Crippen LogP contribution in [0.15, 0.2) is 41.9 Å². The molecule has 1 aliphatic heterocycles. The molecule has 1 unspecified atom stereocenters. The predicted octanol–water partition coefficient (Wildman–Crippen LogP) is 1.66. The largest absolute Gasteiger partial charge is 0.397 e. The summed E-state index contributed by atoms with van der Waals surface area (Å²) in [5.41, 5.74) is -0.374. The van der Waals surface area contributed by atoms with Crippen molar-refractivity contribution in [3.63, 3.8) is 0 Å². The Labute approximate surface area is 181 Å². The first-order valence-corrected chi connectivity index (χ1v) is 9.82. The minimum absolute atomic E-state index is 0.256. The van der Waals surface area contributed by atoms with Crippen LogP contribution in [-0.4, -0.2) is 55.3 Å². The van der Waals surface area contributed by atoms with Crippen molar-refractivity contribution in [2.45, 2.75) is 37.1 Å². The second kappa shape index (κ2) is 7.84. The number of benzene rings is 1. The average Bonchev–Trinajstić information content (AvgIpc) is 3.27. The predicted molar refractivity (Wildman–Crippen MR) is 109 cm³/mol. The number of nitrogens with one attached hydrogen (secondary N) is 1. The Morgan fingerprint density at radius 3 is 2.70 bits per heavy atom. The lowest BCUT2D eigenvalue weighted by Gasteiger charge is -2.32. The molecule has 0 spiro atoms. The fraction of sp³-hybridized carbons (Fsp3) is 0.368. The first-order valence-electron chi connectivity index (χ1n) is 9.06. The van der Waals surface area contributed by atoms with Gasteiger partial charge in [-0.1, -0.05) is 34.4 Å². The molecular formula is C19H20Cl2N4O5. The van der Waals surface area contributed by atoms with Crippen LogP contribution in [0.2, 0.25) is 10.0 Å². The third kappa shape index (κ3) is 3.37. The topological polar surface area (TPSA) is 125 Å². The van der Waals surface area contributed by atoms with Gasteiger partial charge in [-0.25, -0.2) is 4.98 Å². The first-order chi connectivity index (χ1) is 14.3. The maximum Gasteiger partial charge on any atom is 0.203 e. The molecule has 0 radical (unpaired) electrons. The molecule has 4 rings (SSSR count). The molecule has 3 heterocycles. The van der Waals surface area contributed by atoms with Gasteiger partial charge in [0, 0.05) is 6.20 Å². The molecule has 0 saturated carbocycles. The van der Waals surface area contributed by atoms with Crippen LogP contribution in [0.25, 0.3) is 11.0 Å². The molecule has 5 atom stereocenters. The number of fused-ring (bicyclic) bond motifs is 1. The molecule has 30 heavy (non-hydrogen) atoms. The van der Waals surface area contributed by atoms with E-state index < -0.39 is 30.1 Å². The zero-order chi connectivity index (χ0) is 21.6. The first kappa shape index (κ1) is 21.1. The smallest absolute Gasteiger partial charge is 0.203 e. The molecule has 11 heteroatoms. The van der Waals surface area contributed by atoms with E-state index in [0.717, 1.165) is 0 Å². The van der Waals surface area contributed by atoms with Crippen molar-refractivity contribution in [2.24, 2.45) is 5.16 Å². The van der Waals surface area contributed by atoms with Gasteiger partial charge in [0.25, 0.3) is 0 Å². The summed E-state index contributed by atoms with van der Waals surface area (Å²) in [6.45, 7) is 1.48. The Hall–Kier alpha value is -2.14. The third-order valence-corrected chi connectivity index (χ3v) is 6.03. The van der Waals surface area contributed by atoms with Gasteiger partial charge in [-0.05, 0) is 30.7 Å². The number of ether oxygens (including phenoxy) is 1. The lowest BCUT2D eigenvalue weighted by molar-refractivity contribution is -0.135. The molecule has 9 nitrogen and oxygen atoms in total. The standard InChI is InChI=1S/C19H20Cl2N4O5/c1-19(28,9-3-4-11(20)12(21)7-9)15-13(26)14(27)18(30-15)25-6-5-10-16(24-29-2)22-8-23-17(10)25/h3-8,13-15,18,26-28H,1-2H3,(H,22,23,24)/t13-,14+,15-,18+,19?/m0/s1. The van der Waals surface area contributed by atoms with Crippen LogP contribution in [-0.2, 0) is 15.2 Å². The molecular weight excluding hydrogens is 435 g/mol. The lowest BCUT2D eigenvalue weighted by atomic mass is 9.87. The van der Waals surface area contributed by atoms with Gasteiger partial charge in [0.05, 0.1) is 21.8 Å². The Morgan fingerprint density at radius 2 is 2.00 bits per heavy atom. The van der Waals surface area contributed by atoms with E-state index in [9.17, 15) is 15.3 Å². The number of hydrogen-bond donors (Lipinski definition) is 4. The summed E-state index contributed by atoms with van der Waals surface area (Å²) in [5, 5.41) is 37.7. The fourth-order valence-electron chi connectivity index (χ4n) is 3.70. The zero-order valence-electron chi connectivity index (χ0n) is 16.0. The molecule has 0 aliphatic carbocycles. The second-order valence-electron chi connectivity index (χ2n) is 7.19. The van der Waals surface area contributed by atoms with Gasteiger partial charge >= 0.3 is 0 Å². The van der Waals surface area contributed by atoms with E-state index in [-0.39, 0.29) is 5.02 Å². The highest BCUT2D eigenvalue weighted by Crippen LogP contribution is 2.41. The van der Waals surface area contributed by atoms with Crippen LogP contribution in [0.4, 0.5) is 0 Å². The lowest BCUT2D eigenvalue weighted by Crippen LogP contribution is -2.45. The normalized spacial score (nSPS) is 26.8. The number of rotatable bonds is 4. The summed E-state index contributed by atoms with van der Waals surface area (Å²) in [4.78, 5) is 11.9. The Balaban J connectivity index is 1.72. The SMILES string of the molecule is CO/N=c1\nc[nH]c2c1ccn2[C@@H]1O[C@H](C(C)(O)c2ccc(Cl)c(Cl)c2)[C@@H](O)[C@H]1O. The maximum absolute atomic E-state index is 11.2. The number of nitrogens with zero attached hydrogens (tertiary/aromatic N) is 3. The van der Waals surface area contributed by atoms with E-state index in [1.165, 1.54) is 26.4 Å². The van der Waals surface area contributed by atoms with Gasteiger partial charge in [-0.3, -0.25) is 0 Å². The summed E-state index contributed by atoms with van der Waals surface area (Å²) in [5.74, 6) is 0. The number of aliphatic hydroxyl groups is 3. The van der Waals surface area contributed by atoms with Crippen LogP contribution in [0.1, 0.15) is 18.7 Å². The molecule has 1 fully saturated rings. The minimum atomic E-state index is -1.66. The van der Waals surface area contributed by atoms with Crippen LogP contribution in [0.5, 0.6) is 0 Å². The molecule has 1 aromatic carbocycles. The Bertz CT molecular complexity index is 1150. The van der Waals surface area contributed by atoms with Crippen molar-refractivity contribution in [2.75, 3.05) is 7.11 Å². The van der Waals surface area contributed by atoms with Crippen molar-refractivity contribution in [3.05, 3.63) is 57.9 Å². The summed E-state index contributed by atoms with van der Waals surface area (Å²) in [6, 6.07) is 6.37. The van der Waals surface area contributed by atoms with Gasteiger partial charge in [-0.15, -0.1) is 0 Å². The van der Waals surface area contributed by atoms with Crippen LogP contribution in [0, 0.1) is 0 Å². The van der Waals surface area contributed by atoms with E-state index in [1.54, 1.807) is 29.0 Å². The van der Waals surface area contributed by atoms with E-state index in [1.807, 2.05) is 0 Å². The summed E-state index contributed by atoms with van der Waals surface area (Å²) in [7, 11) is 1.41. The monoisotopic (exact) mass is 454 g/mol. The van der Waals surface area contributed by atoms with E-state index >= 15 is 0 Å². The Kier molecular flexibility index (Phi) is 5.52. The van der Waals surface area contributed by atoms with Gasteiger partial charge in [0.1, 0.15) is 36.7 Å². The molecule has 1 aliphatic rings. The van der Waals surface area contributed by atoms with Crippen LogP contribution < -0.4 is 5.49 Å². The molecule has 4 N–H and O–H groups in total. The molecule has 2 aromatic heterocycles. The summed E-state index contributed by atoms with van der Waals surface area (Å²) in [6.07, 6.45) is -1.72. The number of halogens is 2. The summed E-state index contributed by atoms with van der Waals surface area (Å²) < 4.78 is 7.56. The second-order valence-corrected chi connectivity index (χ2v) is 8.00. The van der Waals surface area contributed by atoms with Crippen molar-refractivity contribution < 1.29 is 24.9 Å². The third-order valence-electron chi connectivity index (χ3n) is 5.29. The molecule has 160 valence electrons. The number of hydrogen-bond acceptors (Lipinski definition) is 7. The number of H-pyrrole nitrogens is 1. The average molecular weight is 455 g/mol. The van der Waals surface area contributed by atoms with E-state index in [2.05, 4.69) is 15.1 Å². The van der Waals surface area contributed by atoms with Crippen LogP contribution in [0.3, 0.4) is 0 Å². The highest BCUT2D eigenvalue weighted by molar-refractivity contribution is 6.42. The van der Waals surface area contributed by atoms with Gasteiger partial charge in [-0.2, -0.15) is 0 Å². The highest BCUT2D eigenvalue weighted by atomic mass is 35.5. The van der Waals surface area contributed by atoms with Crippen molar-refractivity contribution in [3.8, 4) is 0 Å². The van der Waals surface area contributed by atoms with Crippen molar-refractivity contribution in [1.29, 1.82) is 0 Å². The maximum atomic E-state index is 11.2. The number of aromatic nitrogens is 3. The van der Waals surface area contributed by atoms with E-state index in [0.29, 0.717) is 27.1 Å². The Morgan fingerprint density at radius 1 is 1.23 bits per heavy atom.